The van der Waals surface area contributed by atoms with Gasteiger partial charge in [-0.15, -0.1) is 0 Å². The minimum Gasteiger partial charge on any atom is -0.478 e. The van der Waals surface area contributed by atoms with Crippen LogP contribution in [0, 0.1) is 11.3 Å². The maximum atomic E-state index is 11.1. The summed E-state index contributed by atoms with van der Waals surface area (Å²) in [5.74, 6) is -1.01. The molecule has 0 spiro atoms. The largest absolute Gasteiger partial charge is 0.478 e. The number of aliphatic hydroxyl groups excluding tert-OH is 2. The molecule has 4 heteroatoms. The maximum absolute atomic E-state index is 11.1. The Labute approximate surface area is 248 Å². The Morgan fingerprint density at radius 1 is 0.575 bits per heavy atom. The average molecular weight is 565 g/mol. The molecule has 0 heterocycles. The number of carboxylic acids is 1. The van der Waals surface area contributed by atoms with Gasteiger partial charge in [0.15, 0.2) is 0 Å². The van der Waals surface area contributed by atoms with E-state index in [9.17, 15) is 15.0 Å². The van der Waals surface area contributed by atoms with Gasteiger partial charge in [-0.1, -0.05) is 173 Å². The third kappa shape index (κ3) is 18.5. The molecule has 40 heavy (non-hydrogen) atoms. The first-order chi connectivity index (χ1) is 19.6. The third-order valence-electron chi connectivity index (χ3n) is 9.61. The van der Waals surface area contributed by atoms with Crippen LogP contribution in [-0.4, -0.2) is 34.5 Å². The van der Waals surface area contributed by atoms with E-state index in [2.05, 4.69) is 0 Å². The van der Waals surface area contributed by atoms with Gasteiger partial charge in [-0.3, -0.25) is 0 Å². The standard InChI is InChI=1S/C16H28O4.2C10H20/c1-13(15(19)20)10-16(12-18)9-7-5-3-2-4-6-8-14(16)11-17;2*1-2-4-6-8-10-9-7-5-3-1/h10,14,17-18H,2-9,11-12H2,1H3,(H,19,20);2*1-10H2. The normalized spacial score (nSPS) is 27.0. The minimum atomic E-state index is -0.952. The Kier molecular flexibility index (Phi) is 24.0. The number of carboxylic acid groups (broad SMARTS) is 1. The number of aliphatic carboxylic acids is 1. The molecule has 3 saturated carbocycles. The van der Waals surface area contributed by atoms with Crippen molar-refractivity contribution in [1.82, 2.24) is 0 Å². The highest BCUT2D eigenvalue weighted by atomic mass is 16.4. The van der Waals surface area contributed by atoms with Crippen LogP contribution in [0.1, 0.15) is 187 Å². The second kappa shape index (κ2) is 25.8. The molecule has 236 valence electrons. The Bertz CT molecular complexity index is 529. The van der Waals surface area contributed by atoms with Gasteiger partial charge in [-0.2, -0.15) is 0 Å². The summed E-state index contributed by atoms with van der Waals surface area (Å²) < 4.78 is 0. The van der Waals surface area contributed by atoms with Gasteiger partial charge >= 0.3 is 5.97 Å². The van der Waals surface area contributed by atoms with E-state index in [-0.39, 0.29) is 24.7 Å². The molecule has 3 rings (SSSR count). The second-order valence-corrected chi connectivity index (χ2v) is 13.1. The van der Waals surface area contributed by atoms with Crippen molar-refractivity contribution in [1.29, 1.82) is 0 Å². The highest BCUT2D eigenvalue weighted by Crippen LogP contribution is 2.40. The van der Waals surface area contributed by atoms with E-state index >= 15 is 0 Å². The van der Waals surface area contributed by atoms with Crippen LogP contribution in [0.3, 0.4) is 0 Å². The Morgan fingerprint density at radius 2 is 0.875 bits per heavy atom. The molecule has 3 aliphatic carbocycles. The van der Waals surface area contributed by atoms with Gasteiger partial charge in [0.25, 0.3) is 0 Å². The topological polar surface area (TPSA) is 77.8 Å². The molecule has 3 N–H and O–H groups in total. The lowest BCUT2D eigenvalue weighted by atomic mass is 9.69. The van der Waals surface area contributed by atoms with E-state index in [0.717, 1.165) is 38.5 Å². The molecule has 3 fully saturated rings. The smallest absolute Gasteiger partial charge is 0.330 e. The van der Waals surface area contributed by atoms with Gasteiger partial charge in [0.05, 0.1) is 6.61 Å². The zero-order chi connectivity index (χ0) is 29.2. The predicted octanol–water partition coefficient (Wildman–Crippen LogP) is 10.5. The van der Waals surface area contributed by atoms with E-state index < -0.39 is 11.4 Å². The van der Waals surface area contributed by atoms with E-state index in [1.165, 1.54) is 141 Å². The highest BCUT2D eigenvalue weighted by molar-refractivity contribution is 5.85. The van der Waals surface area contributed by atoms with Crippen molar-refractivity contribution in [2.75, 3.05) is 13.2 Å². The lowest BCUT2D eigenvalue weighted by Gasteiger charge is -2.37. The zero-order valence-electron chi connectivity index (χ0n) is 26.6. The van der Waals surface area contributed by atoms with Gasteiger partial charge in [0.2, 0.25) is 0 Å². The van der Waals surface area contributed by atoms with Gasteiger partial charge < -0.3 is 15.3 Å². The van der Waals surface area contributed by atoms with Crippen LogP contribution in [0.4, 0.5) is 0 Å². The van der Waals surface area contributed by atoms with Crippen molar-refractivity contribution in [3.63, 3.8) is 0 Å². The monoisotopic (exact) mass is 565 g/mol. The molecule has 4 nitrogen and oxygen atoms in total. The summed E-state index contributed by atoms with van der Waals surface area (Å²) in [7, 11) is 0. The van der Waals surface area contributed by atoms with Gasteiger partial charge in [0, 0.05) is 17.6 Å². The maximum Gasteiger partial charge on any atom is 0.330 e. The molecule has 0 bridgehead atoms. The highest BCUT2D eigenvalue weighted by Gasteiger charge is 2.36. The molecule has 0 amide bonds. The van der Waals surface area contributed by atoms with Gasteiger partial charge in [-0.05, 0) is 25.7 Å². The van der Waals surface area contributed by atoms with E-state index in [4.69, 9.17) is 5.11 Å². The summed E-state index contributed by atoms with van der Waals surface area (Å²) in [6, 6.07) is 0. The molecule has 0 aromatic carbocycles. The fraction of sp³-hybridized carbons (Fsp3) is 0.917. The van der Waals surface area contributed by atoms with Crippen LogP contribution >= 0.6 is 0 Å². The summed E-state index contributed by atoms with van der Waals surface area (Å²) in [5.41, 5.74) is -0.330. The van der Waals surface area contributed by atoms with Crippen molar-refractivity contribution < 1.29 is 20.1 Å². The molecule has 0 aromatic heterocycles. The Hall–Kier alpha value is -0.870. The van der Waals surface area contributed by atoms with Crippen molar-refractivity contribution in [2.24, 2.45) is 11.3 Å². The fourth-order valence-electron chi connectivity index (χ4n) is 6.79. The van der Waals surface area contributed by atoms with Gasteiger partial charge in [0.1, 0.15) is 0 Å². The zero-order valence-corrected chi connectivity index (χ0v) is 26.6. The van der Waals surface area contributed by atoms with E-state index in [0.29, 0.717) is 0 Å². The lowest BCUT2D eigenvalue weighted by molar-refractivity contribution is -0.132. The SMILES string of the molecule is C1CCCCCCCCC1.C1CCCCCCCCC1.CC(=CC1(CO)CCCCCCCCC1CO)C(=O)O. The quantitative estimate of drug-likeness (QED) is 0.297. The van der Waals surface area contributed by atoms with Crippen LogP contribution < -0.4 is 0 Å². The summed E-state index contributed by atoms with van der Waals surface area (Å²) in [4.78, 5) is 11.1. The van der Waals surface area contributed by atoms with Crippen LogP contribution in [0.2, 0.25) is 0 Å². The first-order valence-electron chi connectivity index (χ1n) is 17.7. The molecular formula is C36H68O4. The van der Waals surface area contributed by atoms with E-state index in [1.807, 2.05) is 0 Å². The second-order valence-electron chi connectivity index (χ2n) is 13.1. The molecular weight excluding hydrogens is 496 g/mol. The molecule has 0 radical (unpaired) electrons. The van der Waals surface area contributed by atoms with Crippen molar-refractivity contribution in [2.45, 2.75) is 187 Å². The summed E-state index contributed by atoms with van der Waals surface area (Å²) >= 11 is 0. The van der Waals surface area contributed by atoms with Crippen molar-refractivity contribution in [3.05, 3.63) is 11.6 Å². The van der Waals surface area contributed by atoms with Crippen LogP contribution in [0.5, 0.6) is 0 Å². The molecule has 2 atom stereocenters. The first-order valence-corrected chi connectivity index (χ1v) is 17.7. The van der Waals surface area contributed by atoms with E-state index in [1.54, 1.807) is 13.0 Å². The molecule has 3 aliphatic rings. The fourth-order valence-corrected chi connectivity index (χ4v) is 6.79. The number of rotatable bonds is 4. The average Bonchev–Trinajstić information content (AvgIpc) is 2.98. The van der Waals surface area contributed by atoms with Crippen LogP contribution in [-0.2, 0) is 4.79 Å². The lowest BCUT2D eigenvalue weighted by Crippen LogP contribution is -2.36. The number of hydrogen-bond donors (Lipinski definition) is 3. The molecule has 0 aliphatic heterocycles. The Balaban J connectivity index is 0.000000333. The van der Waals surface area contributed by atoms with Crippen LogP contribution in [0.25, 0.3) is 0 Å². The summed E-state index contributed by atoms with van der Waals surface area (Å²) in [6.45, 7) is 1.47. The number of carbonyl (C=O) groups is 1. The Morgan fingerprint density at radius 3 is 1.15 bits per heavy atom. The summed E-state index contributed by atoms with van der Waals surface area (Å²) in [6.07, 6.45) is 40.0. The third-order valence-corrected chi connectivity index (χ3v) is 9.61. The molecule has 0 aromatic rings. The van der Waals surface area contributed by atoms with Crippen molar-refractivity contribution in [3.8, 4) is 0 Å². The predicted molar refractivity (Wildman–Crippen MR) is 171 cm³/mol. The number of aliphatic hydroxyl groups is 2. The minimum absolute atomic E-state index is 0.00393. The number of hydrogen-bond acceptors (Lipinski definition) is 3. The molecule has 0 saturated heterocycles. The van der Waals surface area contributed by atoms with Gasteiger partial charge in [-0.25, -0.2) is 4.79 Å². The van der Waals surface area contributed by atoms with Crippen LogP contribution in [0.15, 0.2) is 11.6 Å². The first kappa shape index (κ1) is 37.2. The molecule has 2 unspecified atom stereocenters. The van der Waals surface area contributed by atoms with Crippen molar-refractivity contribution >= 4 is 5.97 Å². The summed E-state index contributed by atoms with van der Waals surface area (Å²) in [5, 5.41) is 28.7.